The standard InChI is InChI=1S/C16H11N5OS/c22-15(12-8-4-7-11-9-17-20-13(11)12)19-16-18-14(21-23-16)10-5-2-1-3-6-10/h1-9H,(H,17,20)(H,18,19,21,22). The zero-order valence-corrected chi connectivity index (χ0v) is 12.7. The van der Waals surface area contributed by atoms with Gasteiger partial charge in [-0.1, -0.05) is 42.5 Å². The molecule has 7 heteroatoms. The Balaban J connectivity index is 1.60. The summed E-state index contributed by atoms with van der Waals surface area (Å²) in [5.74, 6) is 0.362. The van der Waals surface area contributed by atoms with Crippen molar-refractivity contribution in [3.8, 4) is 11.4 Å². The fourth-order valence-electron chi connectivity index (χ4n) is 2.30. The summed E-state index contributed by atoms with van der Waals surface area (Å²) in [6.45, 7) is 0. The van der Waals surface area contributed by atoms with Crippen LogP contribution in [0.2, 0.25) is 0 Å². The number of H-pyrrole nitrogens is 1. The molecule has 0 atom stereocenters. The maximum absolute atomic E-state index is 12.5. The highest BCUT2D eigenvalue weighted by Gasteiger charge is 2.14. The van der Waals surface area contributed by atoms with Gasteiger partial charge in [0.2, 0.25) is 5.13 Å². The second-order valence-electron chi connectivity index (χ2n) is 4.88. The number of para-hydroxylation sites is 1. The lowest BCUT2D eigenvalue weighted by Crippen LogP contribution is -2.12. The van der Waals surface area contributed by atoms with E-state index in [0.717, 1.165) is 22.5 Å². The van der Waals surface area contributed by atoms with Gasteiger partial charge in [-0.15, -0.1) is 0 Å². The Morgan fingerprint density at radius 3 is 2.83 bits per heavy atom. The third-order valence-corrected chi connectivity index (χ3v) is 4.03. The highest BCUT2D eigenvalue weighted by molar-refractivity contribution is 7.10. The molecule has 0 saturated heterocycles. The summed E-state index contributed by atoms with van der Waals surface area (Å²) in [6, 6.07) is 15.1. The minimum absolute atomic E-state index is 0.240. The zero-order valence-electron chi connectivity index (χ0n) is 11.9. The van der Waals surface area contributed by atoms with E-state index < -0.39 is 0 Å². The van der Waals surface area contributed by atoms with Crippen LogP contribution in [0.3, 0.4) is 0 Å². The van der Waals surface area contributed by atoms with Gasteiger partial charge in [0.15, 0.2) is 5.82 Å². The van der Waals surface area contributed by atoms with Gasteiger partial charge in [0.1, 0.15) is 0 Å². The average Bonchev–Trinajstić information content (AvgIpc) is 3.24. The molecular weight excluding hydrogens is 310 g/mol. The number of nitrogens with one attached hydrogen (secondary N) is 2. The lowest BCUT2D eigenvalue weighted by Gasteiger charge is -2.02. The maximum atomic E-state index is 12.5. The quantitative estimate of drug-likeness (QED) is 0.606. The van der Waals surface area contributed by atoms with Crippen LogP contribution in [-0.2, 0) is 0 Å². The molecule has 0 aliphatic rings. The summed E-state index contributed by atoms with van der Waals surface area (Å²) in [4.78, 5) is 16.8. The molecule has 2 aromatic carbocycles. The summed E-state index contributed by atoms with van der Waals surface area (Å²) in [6.07, 6.45) is 1.69. The lowest BCUT2D eigenvalue weighted by atomic mass is 10.1. The normalized spacial score (nSPS) is 10.8. The Morgan fingerprint density at radius 2 is 1.96 bits per heavy atom. The van der Waals surface area contributed by atoms with Gasteiger partial charge in [0, 0.05) is 22.5 Å². The van der Waals surface area contributed by atoms with Gasteiger partial charge < -0.3 is 0 Å². The molecule has 2 N–H and O–H groups in total. The first-order chi connectivity index (χ1) is 11.3. The van der Waals surface area contributed by atoms with Crippen LogP contribution in [-0.4, -0.2) is 25.5 Å². The van der Waals surface area contributed by atoms with Crippen molar-refractivity contribution in [2.24, 2.45) is 0 Å². The molecule has 23 heavy (non-hydrogen) atoms. The zero-order chi connectivity index (χ0) is 15.6. The molecule has 0 fully saturated rings. The van der Waals surface area contributed by atoms with E-state index in [1.807, 2.05) is 42.5 Å². The second kappa shape index (κ2) is 5.62. The Kier molecular flexibility index (Phi) is 3.32. The van der Waals surface area contributed by atoms with Gasteiger partial charge in [-0.05, 0) is 6.07 Å². The highest BCUT2D eigenvalue weighted by Crippen LogP contribution is 2.22. The van der Waals surface area contributed by atoms with E-state index in [1.54, 1.807) is 12.3 Å². The Hall–Kier alpha value is -3.06. The first-order valence-electron chi connectivity index (χ1n) is 6.94. The molecule has 2 aromatic heterocycles. The van der Waals surface area contributed by atoms with E-state index in [9.17, 15) is 4.79 Å². The van der Waals surface area contributed by atoms with Crippen LogP contribution in [0.5, 0.6) is 0 Å². The summed E-state index contributed by atoms with van der Waals surface area (Å²) < 4.78 is 4.28. The third-order valence-electron chi connectivity index (χ3n) is 3.40. The number of amides is 1. The van der Waals surface area contributed by atoms with Crippen molar-refractivity contribution in [3.63, 3.8) is 0 Å². The number of rotatable bonds is 3. The van der Waals surface area contributed by atoms with E-state index in [4.69, 9.17) is 0 Å². The Bertz CT molecular complexity index is 976. The highest BCUT2D eigenvalue weighted by atomic mass is 32.1. The average molecular weight is 321 g/mol. The Labute approximate surface area is 135 Å². The molecule has 0 aliphatic carbocycles. The van der Waals surface area contributed by atoms with E-state index in [1.165, 1.54) is 0 Å². The number of carbonyl (C=O) groups is 1. The fourth-order valence-corrected chi connectivity index (χ4v) is 2.89. The van der Waals surface area contributed by atoms with Crippen LogP contribution in [0.1, 0.15) is 10.4 Å². The molecule has 4 rings (SSSR count). The summed E-state index contributed by atoms with van der Waals surface area (Å²) in [7, 11) is 0. The topological polar surface area (TPSA) is 83.6 Å². The van der Waals surface area contributed by atoms with Crippen LogP contribution in [0.25, 0.3) is 22.3 Å². The predicted octanol–water partition coefficient (Wildman–Crippen LogP) is 3.33. The number of carbonyl (C=O) groups excluding carboxylic acids is 1. The van der Waals surface area contributed by atoms with Gasteiger partial charge >= 0.3 is 0 Å². The predicted molar refractivity (Wildman–Crippen MR) is 89.4 cm³/mol. The molecule has 0 aliphatic heterocycles. The van der Waals surface area contributed by atoms with Crippen molar-refractivity contribution in [1.82, 2.24) is 19.6 Å². The molecule has 4 aromatic rings. The molecule has 2 heterocycles. The number of aromatic nitrogens is 4. The van der Waals surface area contributed by atoms with E-state index in [0.29, 0.717) is 22.0 Å². The number of hydrogen-bond acceptors (Lipinski definition) is 5. The second-order valence-corrected chi connectivity index (χ2v) is 5.63. The number of fused-ring (bicyclic) bond motifs is 1. The van der Waals surface area contributed by atoms with Gasteiger partial charge in [0.25, 0.3) is 5.91 Å². The van der Waals surface area contributed by atoms with Crippen LogP contribution < -0.4 is 5.32 Å². The van der Waals surface area contributed by atoms with Crippen LogP contribution in [0.4, 0.5) is 5.13 Å². The third kappa shape index (κ3) is 2.58. The lowest BCUT2D eigenvalue weighted by molar-refractivity contribution is 0.102. The van der Waals surface area contributed by atoms with Gasteiger partial charge in [-0.2, -0.15) is 14.5 Å². The van der Waals surface area contributed by atoms with Crippen molar-refractivity contribution in [3.05, 3.63) is 60.3 Å². The summed E-state index contributed by atoms with van der Waals surface area (Å²) in [5.41, 5.74) is 2.15. The molecule has 0 spiro atoms. The van der Waals surface area contributed by atoms with Gasteiger partial charge in [0.05, 0.1) is 17.3 Å². The molecule has 0 bridgehead atoms. The van der Waals surface area contributed by atoms with Gasteiger partial charge in [-0.3, -0.25) is 15.2 Å². The maximum Gasteiger partial charge on any atom is 0.259 e. The first kappa shape index (κ1) is 13.6. The first-order valence-corrected chi connectivity index (χ1v) is 7.71. The summed E-state index contributed by atoms with van der Waals surface area (Å²) in [5, 5.41) is 10.9. The van der Waals surface area contributed by atoms with Crippen LogP contribution in [0.15, 0.2) is 54.7 Å². The Morgan fingerprint density at radius 1 is 1.09 bits per heavy atom. The van der Waals surface area contributed by atoms with Crippen LogP contribution >= 0.6 is 11.5 Å². The van der Waals surface area contributed by atoms with Crippen molar-refractivity contribution >= 4 is 33.5 Å². The number of benzene rings is 2. The molecule has 1 amide bonds. The minimum atomic E-state index is -0.240. The van der Waals surface area contributed by atoms with Crippen molar-refractivity contribution in [2.75, 3.05) is 5.32 Å². The number of aromatic amines is 1. The molecule has 0 unspecified atom stereocenters. The van der Waals surface area contributed by atoms with Crippen LogP contribution in [0, 0.1) is 0 Å². The largest absolute Gasteiger partial charge is 0.297 e. The SMILES string of the molecule is O=C(Nc1nc(-c2ccccc2)ns1)c1cccc2cn[nH]c12. The smallest absolute Gasteiger partial charge is 0.259 e. The minimum Gasteiger partial charge on any atom is -0.297 e. The monoisotopic (exact) mass is 321 g/mol. The van der Waals surface area contributed by atoms with Gasteiger partial charge in [-0.25, -0.2) is 0 Å². The van der Waals surface area contributed by atoms with Crippen molar-refractivity contribution < 1.29 is 4.79 Å². The molecule has 0 radical (unpaired) electrons. The number of nitrogens with zero attached hydrogens (tertiary/aromatic N) is 3. The van der Waals surface area contributed by atoms with E-state index in [2.05, 4.69) is 24.9 Å². The summed E-state index contributed by atoms with van der Waals surface area (Å²) >= 11 is 1.16. The van der Waals surface area contributed by atoms with Crippen molar-refractivity contribution in [2.45, 2.75) is 0 Å². The van der Waals surface area contributed by atoms with Crippen molar-refractivity contribution in [1.29, 1.82) is 0 Å². The fraction of sp³-hybridized carbons (Fsp3) is 0. The van der Waals surface area contributed by atoms with E-state index >= 15 is 0 Å². The molecular formula is C16H11N5OS. The molecule has 6 nitrogen and oxygen atoms in total. The molecule has 112 valence electrons. The number of hydrogen-bond donors (Lipinski definition) is 2. The number of anilines is 1. The molecule has 0 saturated carbocycles. The van der Waals surface area contributed by atoms with E-state index in [-0.39, 0.29) is 5.91 Å².